The predicted octanol–water partition coefficient (Wildman–Crippen LogP) is 2.58. The Morgan fingerprint density at radius 1 is 1.33 bits per heavy atom. The van der Waals surface area contributed by atoms with Gasteiger partial charge in [-0.1, -0.05) is 28.9 Å². The predicted molar refractivity (Wildman–Crippen MR) is 70.8 cm³/mol. The van der Waals surface area contributed by atoms with E-state index in [1.807, 2.05) is 18.2 Å². The molecular weight excluding hydrogens is 272 g/mol. The summed E-state index contributed by atoms with van der Waals surface area (Å²) in [5, 5.41) is 14.3. The van der Waals surface area contributed by atoms with E-state index in [9.17, 15) is 5.11 Å². The molecular formula is C12H11ClN2O2S. The SMILES string of the molecule is OC1CSCC1c1nc(-c2ccccc2Cl)no1. The highest BCUT2D eigenvalue weighted by Gasteiger charge is 2.32. The summed E-state index contributed by atoms with van der Waals surface area (Å²) in [7, 11) is 0. The second kappa shape index (κ2) is 4.91. The van der Waals surface area contributed by atoms with Crippen LogP contribution in [0, 0.1) is 0 Å². The monoisotopic (exact) mass is 282 g/mol. The zero-order valence-electron chi connectivity index (χ0n) is 9.41. The van der Waals surface area contributed by atoms with Crippen LogP contribution in [0.15, 0.2) is 28.8 Å². The highest BCUT2D eigenvalue weighted by Crippen LogP contribution is 2.33. The van der Waals surface area contributed by atoms with Crippen LogP contribution in [0.3, 0.4) is 0 Å². The second-order valence-electron chi connectivity index (χ2n) is 4.15. The normalized spacial score (nSPS) is 23.4. The van der Waals surface area contributed by atoms with Crippen molar-refractivity contribution in [3.8, 4) is 11.4 Å². The molecule has 0 saturated carbocycles. The van der Waals surface area contributed by atoms with Gasteiger partial charge in [0, 0.05) is 17.1 Å². The van der Waals surface area contributed by atoms with Crippen molar-refractivity contribution >= 4 is 23.4 Å². The Bertz CT molecular complexity index is 561. The third-order valence-electron chi connectivity index (χ3n) is 2.92. The van der Waals surface area contributed by atoms with Crippen molar-refractivity contribution in [1.82, 2.24) is 10.1 Å². The van der Waals surface area contributed by atoms with Crippen LogP contribution < -0.4 is 0 Å². The lowest BCUT2D eigenvalue weighted by atomic mass is 10.1. The number of rotatable bonds is 2. The van der Waals surface area contributed by atoms with E-state index in [1.54, 1.807) is 17.8 Å². The van der Waals surface area contributed by atoms with Gasteiger partial charge in [-0.25, -0.2) is 0 Å². The molecule has 0 spiro atoms. The molecule has 94 valence electrons. The highest BCUT2D eigenvalue weighted by molar-refractivity contribution is 7.99. The third kappa shape index (κ3) is 2.13. The molecule has 0 bridgehead atoms. The van der Waals surface area contributed by atoms with Gasteiger partial charge in [-0.2, -0.15) is 16.7 Å². The fraction of sp³-hybridized carbons (Fsp3) is 0.333. The van der Waals surface area contributed by atoms with Crippen LogP contribution in [0.2, 0.25) is 5.02 Å². The molecule has 2 atom stereocenters. The van der Waals surface area contributed by atoms with Crippen LogP contribution in [0.25, 0.3) is 11.4 Å². The molecule has 1 aromatic carbocycles. The third-order valence-corrected chi connectivity index (χ3v) is 4.43. The lowest BCUT2D eigenvalue weighted by Crippen LogP contribution is -2.15. The van der Waals surface area contributed by atoms with Crippen LogP contribution in [0.5, 0.6) is 0 Å². The number of aliphatic hydroxyl groups excluding tert-OH is 1. The van der Waals surface area contributed by atoms with Crippen LogP contribution in [-0.4, -0.2) is 32.9 Å². The molecule has 2 unspecified atom stereocenters. The molecule has 3 rings (SSSR count). The van der Waals surface area contributed by atoms with Gasteiger partial charge in [-0.3, -0.25) is 0 Å². The van der Waals surface area contributed by atoms with Gasteiger partial charge in [0.15, 0.2) is 0 Å². The maximum atomic E-state index is 9.80. The second-order valence-corrected chi connectivity index (χ2v) is 5.63. The number of aliphatic hydroxyl groups is 1. The van der Waals surface area contributed by atoms with E-state index >= 15 is 0 Å². The Hall–Kier alpha value is -1.04. The van der Waals surface area contributed by atoms with Gasteiger partial charge >= 0.3 is 0 Å². The Labute approximate surface area is 113 Å². The first-order valence-corrected chi connectivity index (χ1v) is 7.13. The van der Waals surface area contributed by atoms with E-state index in [1.165, 1.54) is 0 Å². The van der Waals surface area contributed by atoms with E-state index in [0.29, 0.717) is 22.5 Å². The lowest BCUT2D eigenvalue weighted by Gasteiger charge is -2.06. The number of benzene rings is 1. The fourth-order valence-electron chi connectivity index (χ4n) is 1.92. The summed E-state index contributed by atoms with van der Waals surface area (Å²) in [5.74, 6) is 2.42. The Morgan fingerprint density at radius 3 is 2.89 bits per heavy atom. The average molecular weight is 283 g/mol. The fourth-order valence-corrected chi connectivity index (χ4v) is 3.37. The smallest absolute Gasteiger partial charge is 0.233 e. The first kappa shape index (κ1) is 12.0. The Balaban J connectivity index is 1.92. The van der Waals surface area contributed by atoms with Crippen molar-refractivity contribution in [1.29, 1.82) is 0 Å². The number of hydrogen-bond donors (Lipinski definition) is 1. The Kier molecular flexibility index (Phi) is 3.28. The Morgan fingerprint density at radius 2 is 2.17 bits per heavy atom. The first-order chi connectivity index (χ1) is 8.75. The summed E-state index contributed by atoms with van der Waals surface area (Å²) in [6.45, 7) is 0. The highest BCUT2D eigenvalue weighted by atomic mass is 35.5. The largest absolute Gasteiger partial charge is 0.391 e. The number of halogens is 1. The van der Waals surface area contributed by atoms with Crippen molar-refractivity contribution in [2.75, 3.05) is 11.5 Å². The first-order valence-electron chi connectivity index (χ1n) is 5.60. The minimum absolute atomic E-state index is 0.0706. The van der Waals surface area contributed by atoms with Gasteiger partial charge in [0.1, 0.15) is 0 Å². The molecule has 1 N–H and O–H groups in total. The lowest BCUT2D eigenvalue weighted by molar-refractivity contribution is 0.164. The van der Waals surface area contributed by atoms with Crippen LogP contribution in [0.4, 0.5) is 0 Å². The van der Waals surface area contributed by atoms with Crippen LogP contribution >= 0.6 is 23.4 Å². The topological polar surface area (TPSA) is 59.2 Å². The molecule has 4 nitrogen and oxygen atoms in total. The van der Waals surface area contributed by atoms with Crippen LogP contribution in [-0.2, 0) is 0 Å². The van der Waals surface area contributed by atoms with Gasteiger partial charge in [-0.15, -0.1) is 0 Å². The van der Waals surface area contributed by atoms with E-state index in [0.717, 1.165) is 11.3 Å². The van der Waals surface area contributed by atoms with E-state index in [-0.39, 0.29) is 5.92 Å². The van der Waals surface area contributed by atoms with Gasteiger partial charge in [0.05, 0.1) is 17.0 Å². The molecule has 1 fully saturated rings. The van der Waals surface area contributed by atoms with Gasteiger partial charge in [0.2, 0.25) is 11.7 Å². The minimum atomic E-state index is -0.408. The minimum Gasteiger partial charge on any atom is -0.391 e. The zero-order chi connectivity index (χ0) is 12.5. The maximum absolute atomic E-state index is 9.80. The molecule has 2 heterocycles. The van der Waals surface area contributed by atoms with Crippen molar-refractivity contribution in [3.05, 3.63) is 35.2 Å². The van der Waals surface area contributed by atoms with Gasteiger partial charge in [-0.05, 0) is 12.1 Å². The van der Waals surface area contributed by atoms with Crippen molar-refractivity contribution in [2.45, 2.75) is 12.0 Å². The number of hydrogen-bond acceptors (Lipinski definition) is 5. The van der Waals surface area contributed by atoms with Crippen molar-refractivity contribution in [2.24, 2.45) is 0 Å². The van der Waals surface area contributed by atoms with E-state index in [4.69, 9.17) is 16.1 Å². The maximum Gasteiger partial charge on any atom is 0.233 e. The average Bonchev–Trinajstić information content (AvgIpc) is 2.98. The number of thioether (sulfide) groups is 1. The molecule has 1 aliphatic rings. The summed E-state index contributed by atoms with van der Waals surface area (Å²) in [5.41, 5.74) is 0.745. The number of aromatic nitrogens is 2. The summed E-state index contributed by atoms with van der Waals surface area (Å²) < 4.78 is 5.24. The molecule has 0 amide bonds. The van der Waals surface area contributed by atoms with Crippen molar-refractivity contribution in [3.63, 3.8) is 0 Å². The van der Waals surface area contributed by atoms with Gasteiger partial charge in [0.25, 0.3) is 0 Å². The van der Waals surface area contributed by atoms with E-state index in [2.05, 4.69) is 10.1 Å². The van der Waals surface area contributed by atoms with Gasteiger partial charge < -0.3 is 9.63 Å². The molecule has 0 aliphatic carbocycles. The summed E-state index contributed by atoms with van der Waals surface area (Å²) in [6, 6.07) is 7.35. The van der Waals surface area contributed by atoms with E-state index < -0.39 is 6.10 Å². The molecule has 0 radical (unpaired) electrons. The summed E-state index contributed by atoms with van der Waals surface area (Å²) >= 11 is 7.77. The molecule has 1 saturated heterocycles. The molecule has 18 heavy (non-hydrogen) atoms. The molecule has 1 aromatic heterocycles. The van der Waals surface area contributed by atoms with Crippen molar-refractivity contribution < 1.29 is 9.63 Å². The molecule has 1 aliphatic heterocycles. The quantitative estimate of drug-likeness (QED) is 0.917. The zero-order valence-corrected chi connectivity index (χ0v) is 11.0. The summed E-state index contributed by atoms with van der Waals surface area (Å²) in [4.78, 5) is 4.34. The summed E-state index contributed by atoms with van der Waals surface area (Å²) in [6.07, 6.45) is -0.408. The number of nitrogens with zero attached hydrogens (tertiary/aromatic N) is 2. The van der Waals surface area contributed by atoms with Crippen LogP contribution in [0.1, 0.15) is 11.8 Å². The molecule has 2 aromatic rings. The standard InChI is InChI=1S/C12H11ClN2O2S/c13-9-4-2-1-3-7(9)11-14-12(17-15-11)8-5-18-6-10(8)16/h1-4,8,10,16H,5-6H2. The molecule has 6 heteroatoms.